The summed E-state index contributed by atoms with van der Waals surface area (Å²) in [5, 5.41) is 0.157. The third-order valence-electron chi connectivity index (χ3n) is 10.5. The van der Waals surface area contributed by atoms with Gasteiger partial charge in [-0.2, -0.15) is 0 Å². The van der Waals surface area contributed by atoms with Crippen molar-refractivity contribution in [1.82, 2.24) is 9.38 Å². The molecule has 0 amide bonds. The number of pyridine rings is 3. The number of hydrogen-bond donors (Lipinski definition) is 0. The van der Waals surface area contributed by atoms with Crippen molar-refractivity contribution in [1.29, 1.82) is 0 Å². The fourth-order valence-corrected chi connectivity index (χ4v) is 7.63. The van der Waals surface area contributed by atoms with Crippen LogP contribution in [0.3, 0.4) is 0 Å². The zero-order valence-corrected chi connectivity index (χ0v) is 35.6. The molecule has 0 spiro atoms. The number of aldehydes is 1. The summed E-state index contributed by atoms with van der Waals surface area (Å²) < 4.78 is 57.7. The molecule has 3 unspecified atom stereocenters. The number of carbonyl (C=O) groups is 2. The van der Waals surface area contributed by atoms with E-state index >= 15 is 0 Å². The van der Waals surface area contributed by atoms with Gasteiger partial charge in [0.25, 0.3) is 5.56 Å². The van der Waals surface area contributed by atoms with Gasteiger partial charge in [0.2, 0.25) is 0 Å². The number of aromatic nitrogens is 2. The molecule has 61 heavy (non-hydrogen) atoms. The van der Waals surface area contributed by atoms with Gasteiger partial charge in [-0.05, 0) is 116 Å². The molecule has 2 aromatic carbocycles. The van der Waals surface area contributed by atoms with Crippen molar-refractivity contribution in [2.75, 3.05) is 33.0 Å². The molecule has 5 heterocycles. The van der Waals surface area contributed by atoms with Gasteiger partial charge in [0, 0.05) is 38.4 Å². The maximum absolute atomic E-state index is 14.4. The summed E-state index contributed by atoms with van der Waals surface area (Å²) in [7, 11) is 0. The van der Waals surface area contributed by atoms with E-state index in [2.05, 4.69) is 4.98 Å². The Hall–Kier alpha value is -4.56. The van der Waals surface area contributed by atoms with Crippen LogP contribution >= 0.6 is 23.2 Å². The van der Waals surface area contributed by atoms with Gasteiger partial charge in [-0.3, -0.25) is 14.2 Å². The summed E-state index contributed by atoms with van der Waals surface area (Å²) in [6, 6.07) is 18.7. The van der Waals surface area contributed by atoms with E-state index in [9.17, 15) is 23.2 Å². The topological polar surface area (TPSA) is 115 Å². The van der Waals surface area contributed by atoms with Crippen LogP contribution in [0.15, 0.2) is 83.9 Å². The highest BCUT2D eigenvalue weighted by Gasteiger charge is 2.20. The third-order valence-corrected chi connectivity index (χ3v) is 11.1. The van der Waals surface area contributed by atoms with Crippen LogP contribution in [0.25, 0.3) is 5.52 Å². The molecule has 0 bridgehead atoms. The number of hydrogen-bond acceptors (Lipinski definition) is 9. The molecule has 2 fully saturated rings. The van der Waals surface area contributed by atoms with Crippen LogP contribution in [0.5, 0.6) is 0 Å². The van der Waals surface area contributed by atoms with Crippen LogP contribution < -0.4 is 5.56 Å². The Morgan fingerprint density at radius 3 is 2.05 bits per heavy atom. The Kier molecular flexibility index (Phi) is 17.4. The molecule has 324 valence electrons. The number of fused-ring (bicyclic) bond motifs is 1. The normalized spacial score (nSPS) is 17.0. The Labute approximate surface area is 364 Å². The predicted molar refractivity (Wildman–Crippen MR) is 229 cm³/mol. The van der Waals surface area contributed by atoms with Crippen molar-refractivity contribution < 1.29 is 42.1 Å². The van der Waals surface area contributed by atoms with E-state index in [1.807, 2.05) is 18.2 Å². The molecule has 3 atom stereocenters. The maximum atomic E-state index is 14.4. The molecule has 0 radical (unpaired) electrons. The Balaban J connectivity index is 0.000000210. The molecular formula is C47H50Cl2F2N2O8. The van der Waals surface area contributed by atoms with Crippen molar-refractivity contribution in [2.45, 2.75) is 89.6 Å². The Morgan fingerprint density at radius 1 is 0.852 bits per heavy atom. The zero-order valence-electron chi connectivity index (χ0n) is 34.1. The first kappa shape index (κ1) is 46.0. The van der Waals surface area contributed by atoms with Crippen molar-refractivity contribution in [3.8, 4) is 0 Å². The highest BCUT2D eigenvalue weighted by atomic mass is 35.5. The minimum Gasteiger partial charge on any atom is -0.462 e. The molecule has 14 heteroatoms. The minimum atomic E-state index is -0.675. The van der Waals surface area contributed by atoms with Gasteiger partial charge in [0.05, 0.1) is 47.0 Å². The highest BCUT2D eigenvalue weighted by Crippen LogP contribution is 2.24. The maximum Gasteiger partial charge on any atom is 0.343 e. The second-order valence-electron chi connectivity index (χ2n) is 14.9. The van der Waals surface area contributed by atoms with E-state index in [1.165, 1.54) is 16.5 Å². The van der Waals surface area contributed by atoms with Crippen LogP contribution in [0, 0.1) is 11.6 Å². The van der Waals surface area contributed by atoms with Gasteiger partial charge in [0.1, 0.15) is 23.5 Å². The lowest BCUT2D eigenvalue weighted by molar-refractivity contribution is -0.163. The van der Waals surface area contributed by atoms with E-state index in [0.29, 0.717) is 67.0 Å². The number of benzene rings is 2. The van der Waals surface area contributed by atoms with Crippen molar-refractivity contribution >= 4 is 41.0 Å². The van der Waals surface area contributed by atoms with Gasteiger partial charge < -0.3 is 28.5 Å². The molecule has 2 aliphatic heterocycles. The standard InChI is InChI=1S/C26H27ClFNO5.C21H23ClFNO3/c1-2-32-26(31)20-15-18(11-13-34-23-8-3-4-12-33-23)22-10-9-17(16-29(22)25(20)30)14-19-6-5-7-21(27)24(19)28;22-18-5-3-4-16(21(18)23)12-15-7-8-19(24-13-15)17(14-25)9-11-27-20-6-1-2-10-26-20/h5-7,9-10,15-16,23H,2-4,8,11-14H2,1H3;3-5,7-8,13-14,17,20H,1-2,6,9-12H2. The van der Waals surface area contributed by atoms with Gasteiger partial charge in [-0.15, -0.1) is 0 Å². The van der Waals surface area contributed by atoms with Crippen LogP contribution in [-0.2, 0) is 47.7 Å². The molecule has 2 saturated heterocycles. The molecule has 5 aromatic rings. The number of halogens is 4. The number of esters is 1. The monoisotopic (exact) mass is 878 g/mol. The molecule has 3 aromatic heterocycles. The average molecular weight is 880 g/mol. The number of carbonyl (C=O) groups excluding carboxylic acids is 2. The smallest absolute Gasteiger partial charge is 0.343 e. The van der Waals surface area contributed by atoms with E-state index in [0.717, 1.165) is 62.5 Å². The second-order valence-corrected chi connectivity index (χ2v) is 15.7. The lowest BCUT2D eigenvalue weighted by Gasteiger charge is -2.23. The summed E-state index contributed by atoms with van der Waals surface area (Å²) in [4.78, 5) is 41.5. The second kappa shape index (κ2) is 23.0. The number of nitrogens with zero attached hydrogens (tertiary/aromatic N) is 2. The molecule has 0 N–H and O–H groups in total. The van der Waals surface area contributed by atoms with E-state index in [4.69, 9.17) is 46.9 Å². The van der Waals surface area contributed by atoms with Gasteiger partial charge in [0.15, 0.2) is 12.6 Å². The Morgan fingerprint density at radius 2 is 1.48 bits per heavy atom. The van der Waals surface area contributed by atoms with Crippen LogP contribution in [-0.4, -0.2) is 67.3 Å². The van der Waals surface area contributed by atoms with Gasteiger partial charge >= 0.3 is 5.97 Å². The van der Waals surface area contributed by atoms with Gasteiger partial charge in [-0.1, -0.05) is 59.6 Å². The largest absolute Gasteiger partial charge is 0.462 e. The summed E-state index contributed by atoms with van der Waals surface area (Å²) in [5.41, 5.74) is 4.09. The Bertz CT molecular complexity index is 2300. The summed E-state index contributed by atoms with van der Waals surface area (Å²) in [6.45, 7) is 4.11. The first-order chi connectivity index (χ1) is 29.6. The SMILES string of the molecule is CCOC(=O)c1cc(CCOC2CCCCO2)c2ccc(Cc3cccc(Cl)c3F)cn2c1=O.O=CC(CCOC1CCCCO1)c1ccc(Cc2cccc(Cl)c2F)cn1. The van der Waals surface area contributed by atoms with Crippen LogP contribution in [0.4, 0.5) is 8.78 Å². The number of ether oxygens (including phenoxy) is 5. The average Bonchev–Trinajstić information content (AvgIpc) is 3.28. The molecule has 10 nitrogen and oxygen atoms in total. The molecular weight excluding hydrogens is 829 g/mol. The summed E-state index contributed by atoms with van der Waals surface area (Å²) >= 11 is 11.7. The zero-order chi connectivity index (χ0) is 43.1. The van der Waals surface area contributed by atoms with Crippen molar-refractivity contribution in [2.24, 2.45) is 0 Å². The van der Waals surface area contributed by atoms with Gasteiger partial charge in [-0.25, -0.2) is 13.6 Å². The predicted octanol–water partition coefficient (Wildman–Crippen LogP) is 9.63. The van der Waals surface area contributed by atoms with Crippen LogP contribution in [0.2, 0.25) is 10.0 Å². The first-order valence-corrected chi connectivity index (χ1v) is 21.5. The number of rotatable bonds is 16. The lowest BCUT2D eigenvalue weighted by Crippen LogP contribution is -2.26. The van der Waals surface area contributed by atoms with Crippen molar-refractivity contribution in [3.63, 3.8) is 0 Å². The minimum absolute atomic E-state index is 0.0456. The highest BCUT2D eigenvalue weighted by molar-refractivity contribution is 6.31. The fraction of sp³-hybridized carbons (Fsp3) is 0.404. The fourth-order valence-electron chi connectivity index (χ4n) is 7.24. The van der Waals surface area contributed by atoms with E-state index in [-0.39, 0.29) is 47.1 Å². The molecule has 0 saturated carbocycles. The quantitative estimate of drug-likeness (QED) is 0.0706. The summed E-state index contributed by atoms with van der Waals surface area (Å²) in [6.07, 6.45) is 11.5. The van der Waals surface area contributed by atoms with Crippen LogP contribution in [0.1, 0.15) is 102 Å². The summed E-state index contributed by atoms with van der Waals surface area (Å²) in [5.74, 6) is -1.90. The molecule has 2 aliphatic rings. The van der Waals surface area contributed by atoms with E-state index in [1.54, 1.807) is 55.7 Å². The van der Waals surface area contributed by atoms with E-state index < -0.39 is 23.2 Å². The van der Waals surface area contributed by atoms with Crippen molar-refractivity contribution in [3.05, 3.63) is 150 Å². The lowest BCUT2D eigenvalue weighted by atomic mass is 10.0. The molecule has 7 rings (SSSR count). The first-order valence-electron chi connectivity index (χ1n) is 20.7. The third kappa shape index (κ3) is 12.7. The molecule has 0 aliphatic carbocycles.